The summed E-state index contributed by atoms with van der Waals surface area (Å²) in [5.74, 6) is 0.132. The zero-order valence-corrected chi connectivity index (χ0v) is 5.43. The van der Waals surface area contributed by atoms with Gasteiger partial charge in [-0.1, -0.05) is 6.58 Å². The fourth-order valence-electron chi connectivity index (χ4n) is 0.437. The van der Waals surface area contributed by atoms with E-state index >= 15 is 0 Å². The second-order valence-corrected chi connectivity index (χ2v) is 1.82. The lowest BCUT2D eigenvalue weighted by atomic mass is 10.4. The van der Waals surface area contributed by atoms with E-state index in [1.807, 2.05) is 0 Å². The fraction of sp³-hybridized carbons (Fsp3) is 0.667. The summed E-state index contributed by atoms with van der Waals surface area (Å²) in [4.78, 5) is 0. The zero-order valence-electron chi connectivity index (χ0n) is 5.43. The standard InChI is InChI=1S/C6H13NO2/c1-6(9)5-7-3-2-4-8/h7-9H,1-5H2. The van der Waals surface area contributed by atoms with Crippen molar-refractivity contribution in [3.05, 3.63) is 12.3 Å². The summed E-state index contributed by atoms with van der Waals surface area (Å²) in [6.45, 7) is 4.60. The van der Waals surface area contributed by atoms with E-state index in [0.29, 0.717) is 13.0 Å². The normalized spacial score (nSPS) is 9.44. The van der Waals surface area contributed by atoms with Gasteiger partial charge in [-0.05, 0) is 13.0 Å². The van der Waals surface area contributed by atoms with Gasteiger partial charge in [0.1, 0.15) is 0 Å². The van der Waals surface area contributed by atoms with Crippen LogP contribution in [0.3, 0.4) is 0 Å². The van der Waals surface area contributed by atoms with Gasteiger partial charge in [-0.3, -0.25) is 0 Å². The van der Waals surface area contributed by atoms with Crippen LogP contribution in [0.15, 0.2) is 12.3 Å². The fourth-order valence-corrected chi connectivity index (χ4v) is 0.437. The molecule has 0 atom stereocenters. The Morgan fingerprint density at radius 3 is 2.67 bits per heavy atom. The molecule has 0 radical (unpaired) electrons. The topological polar surface area (TPSA) is 52.5 Å². The summed E-state index contributed by atoms with van der Waals surface area (Å²) in [6.07, 6.45) is 0.716. The minimum absolute atomic E-state index is 0.132. The van der Waals surface area contributed by atoms with Crippen molar-refractivity contribution in [3.63, 3.8) is 0 Å². The van der Waals surface area contributed by atoms with Crippen LogP contribution in [0.2, 0.25) is 0 Å². The van der Waals surface area contributed by atoms with Crippen molar-refractivity contribution in [2.24, 2.45) is 0 Å². The van der Waals surface area contributed by atoms with E-state index < -0.39 is 0 Å². The Hall–Kier alpha value is -0.540. The van der Waals surface area contributed by atoms with E-state index in [2.05, 4.69) is 11.9 Å². The van der Waals surface area contributed by atoms with Crippen LogP contribution in [-0.4, -0.2) is 29.9 Å². The summed E-state index contributed by atoms with van der Waals surface area (Å²) in [5, 5.41) is 19.7. The van der Waals surface area contributed by atoms with Gasteiger partial charge in [-0.15, -0.1) is 0 Å². The number of nitrogens with one attached hydrogen (secondary N) is 1. The lowest BCUT2D eigenvalue weighted by Crippen LogP contribution is -2.18. The van der Waals surface area contributed by atoms with Crippen molar-refractivity contribution >= 4 is 0 Å². The van der Waals surface area contributed by atoms with Crippen LogP contribution in [0, 0.1) is 0 Å². The van der Waals surface area contributed by atoms with Crippen molar-refractivity contribution < 1.29 is 10.2 Å². The van der Waals surface area contributed by atoms with Gasteiger partial charge in [0.15, 0.2) is 0 Å². The summed E-state index contributed by atoms with van der Waals surface area (Å²) in [5.41, 5.74) is 0. The molecule has 3 heteroatoms. The summed E-state index contributed by atoms with van der Waals surface area (Å²) < 4.78 is 0. The predicted molar refractivity (Wildman–Crippen MR) is 36.3 cm³/mol. The maximum absolute atomic E-state index is 8.53. The van der Waals surface area contributed by atoms with Crippen molar-refractivity contribution in [1.82, 2.24) is 5.32 Å². The molecule has 0 aromatic heterocycles. The number of hydrogen-bond acceptors (Lipinski definition) is 3. The highest BCUT2D eigenvalue weighted by Crippen LogP contribution is 1.77. The molecule has 54 valence electrons. The molecule has 0 rings (SSSR count). The van der Waals surface area contributed by atoms with Crippen molar-refractivity contribution in [2.75, 3.05) is 19.7 Å². The van der Waals surface area contributed by atoms with Gasteiger partial charge >= 0.3 is 0 Å². The van der Waals surface area contributed by atoms with E-state index in [9.17, 15) is 0 Å². The van der Waals surface area contributed by atoms with E-state index in [1.165, 1.54) is 0 Å². The summed E-state index contributed by atoms with van der Waals surface area (Å²) >= 11 is 0. The molecular formula is C6H13NO2. The van der Waals surface area contributed by atoms with E-state index in [4.69, 9.17) is 10.2 Å². The predicted octanol–water partition coefficient (Wildman–Crippen LogP) is 0.0301. The molecular weight excluding hydrogens is 118 g/mol. The molecule has 0 bridgehead atoms. The Bertz CT molecular complexity index is 83.1. The van der Waals surface area contributed by atoms with Crippen LogP contribution >= 0.6 is 0 Å². The quantitative estimate of drug-likeness (QED) is 0.364. The van der Waals surface area contributed by atoms with Gasteiger partial charge in [0, 0.05) is 6.61 Å². The molecule has 0 aromatic carbocycles. The van der Waals surface area contributed by atoms with Gasteiger partial charge in [0.2, 0.25) is 0 Å². The second kappa shape index (κ2) is 5.59. The molecule has 3 nitrogen and oxygen atoms in total. The SMILES string of the molecule is C=C(O)CNCCCO. The van der Waals surface area contributed by atoms with Crippen LogP contribution in [0.25, 0.3) is 0 Å². The highest BCUT2D eigenvalue weighted by atomic mass is 16.3. The summed E-state index contributed by atoms with van der Waals surface area (Å²) in [6, 6.07) is 0. The maximum Gasteiger partial charge on any atom is 0.0988 e. The highest BCUT2D eigenvalue weighted by Gasteiger charge is 1.86. The number of aliphatic hydroxyl groups is 2. The third kappa shape index (κ3) is 7.46. The minimum atomic E-state index is 0.132. The van der Waals surface area contributed by atoms with Crippen LogP contribution in [0.5, 0.6) is 0 Å². The van der Waals surface area contributed by atoms with Crippen molar-refractivity contribution in [2.45, 2.75) is 6.42 Å². The molecule has 0 aromatic rings. The molecule has 0 heterocycles. The summed E-state index contributed by atoms with van der Waals surface area (Å²) in [7, 11) is 0. The zero-order chi connectivity index (χ0) is 7.11. The average Bonchev–Trinajstić information content (AvgIpc) is 1.80. The lowest BCUT2D eigenvalue weighted by Gasteiger charge is -1.99. The number of rotatable bonds is 5. The number of hydrogen-bond donors (Lipinski definition) is 3. The molecule has 0 saturated carbocycles. The Kier molecular flexibility index (Phi) is 5.26. The van der Waals surface area contributed by atoms with Crippen molar-refractivity contribution in [1.29, 1.82) is 0 Å². The smallest absolute Gasteiger partial charge is 0.0988 e. The Balaban J connectivity index is 2.83. The van der Waals surface area contributed by atoms with Crippen molar-refractivity contribution in [3.8, 4) is 0 Å². The minimum Gasteiger partial charge on any atom is -0.512 e. The second-order valence-electron chi connectivity index (χ2n) is 1.82. The molecule has 0 saturated heterocycles. The first-order valence-electron chi connectivity index (χ1n) is 2.95. The van der Waals surface area contributed by atoms with Crippen LogP contribution < -0.4 is 5.32 Å². The first kappa shape index (κ1) is 8.46. The molecule has 0 aliphatic heterocycles. The molecule has 0 amide bonds. The highest BCUT2D eigenvalue weighted by molar-refractivity contribution is 4.81. The number of aliphatic hydroxyl groups excluding tert-OH is 2. The Labute approximate surface area is 55.0 Å². The Morgan fingerprint density at radius 1 is 1.56 bits per heavy atom. The van der Waals surface area contributed by atoms with E-state index in [-0.39, 0.29) is 12.4 Å². The van der Waals surface area contributed by atoms with Gasteiger partial charge in [0.05, 0.1) is 12.3 Å². The van der Waals surface area contributed by atoms with Gasteiger partial charge < -0.3 is 15.5 Å². The van der Waals surface area contributed by atoms with Crippen LogP contribution in [0.4, 0.5) is 0 Å². The molecule has 9 heavy (non-hydrogen) atoms. The first-order valence-corrected chi connectivity index (χ1v) is 2.95. The third-order valence-electron chi connectivity index (χ3n) is 0.841. The van der Waals surface area contributed by atoms with Gasteiger partial charge in [0.25, 0.3) is 0 Å². The maximum atomic E-state index is 8.53. The lowest BCUT2D eigenvalue weighted by molar-refractivity contribution is 0.285. The van der Waals surface area contributed by atoms with Gasteiger partial charge in [-0.25, -0.2) is 0 Å². The molecule has 0 fully saturated rings. The average molecular weight is 131 g/mol. The van der Waals surface area contributed by atoms with Crippen LogP contribution in [0.1, 0.15) is 6.42 Å². The first-order chi connectivity index (χ1) is 4.27. The largest absolute Gasteiger partial charge is 0.512 e. The monoisotopic (exact) mass is 131 g/mol. The van der Waals surface area contributed by atoms with Crippen LogP contribution in [-0.2, 0) is 0 Å². The molecule has 0 aliphatic rings. The molecule has 3 N–H and O–H groups in total. The molecule has 0 aliphatic carbocycles. The van der Waals surface area contributed by atoms with E-state index in [0.717, 1.165) is 6.54 Å². The Morgan fingerprint density at radius 2 is 2.22 bits per heavy atom. The third-order valence-corrected chi connectivity index (χ3v) is 0.841. The van der Waals surface area contributed by atoms with E-state index in [1.54, 1.807) is 0 Å². The molecule has 0 spiro atoms. The molecule has 0 unspecified atom stereocenters. The van der Waals surface area contributed by atoms with Gasteiger partial charge in [-0.2, -0.15) is 0 Å².